The van der Waals surface area contributed by atoms with Crippen LogP contribution in [0, 0.1) is 5.41 Å². The molecule has 0 aromatic heterocycles. The van der Waals surface area contributed by atoms with Gasteiger partial charge in [-0.2, -0.15) is 0 Å². The molecular formula is C11H23NO2. The van der Waals surface area contributed by atoms with E-state index >= 15 is 0 Å². The third-order valence-electron chi connectivity index (χ3n) is 2.86. The molecule has 0 heterocycles. The first-order valence-corrected chi connectivity index (χ1v) is 5.45. The number of hydrogen-bond donors (Lipinski definition) is 1. The van der Waals surface area contributed by atoms with Crippen molar-refractivity contribution < 1.29 is 9.90 Å². The quantitative estimate of drug-likeness (QED) is 0.686. The molecule has 1 atom stereocenters. The average molecular weight is 201 g/mol. The van der Waals surface area contributed by atoms with Gasteiger partial charge in [0.15, 0.2) is 0 Å². The van der Waals surface area contributed by atoms with Crippen LogP contribution < -0.4 is 0 Å². The van der Waals surface area contributed by atoms with Gasteiger partial charge in [0.05, 0.1) is 5.41 Å². The largest absolute Gasteiger partial charge is 0.481 e. The Labute approximate surface area is 87.1 Å². The van der Waals surface area contributed by atoms with Gasteiger partial charge in [-0.25, -0.2) is 0 Å². The smallest absolute Gasteiger partial charge is 0.310 e. The summed E-state index contributed by atoms with van der Waals surface area (Å²) in [5.41, 5.74) is -0.592. The van der Waals surface area contributed by atoms with Crippen LogP contribution >= 0.6 is 0 Å². The molecule has 0 saturated heterocycles. The molecule has 3 heteroatoms. The lowest BCUT2D eigenvalue weighted by Gasteiger charge is -2.30. The second kappa shape index (κ2) is 6.02. The van der Waals surface area contributed by atoms with E-state index in [0.29, 0.717) is 13.0 Å². The number of rotatable bonds is 7. The zero-order valence-electron chi connectivity index (χ0n) is 9.84. The van der Waals surface area contributed by atoms with Gasteiger partial charge in [0.25, 0.3) is 0 Å². The molecule has 0 aliphatic rings. The molecule has 0 fully saturated rings. The van der Waals surface area contributed by atoms with Crippen molar-refractivity contribution in [2.75, 3.05) is 19.6 Å². The van der Waals surface area contributed by atoms with Crippen LogP contribution in [0.2, 0.25) is 0 Å². The summed E-state index contributed by atoms with van der Waals surface area (Å²) in [7, 11) is 0. The Kier molecular flexibility index (Phi) is 5.77. The van der Waals surface area contributed by atoms with E-state index in [0.717, 1.165) is 19.5 Å². The van der Waals surface area contributed by atoms with Crippen molar-refractivity contribution in [3.8, 4) is 0 Å². The van der Waals surface area contributed by atoms with E-state index in [4.69, 9.17) is 5.11 Å². The summed E-state index contributed by atoms with van der Waals surface area (Å²) in [6.45, 7) is 10.5. The molecule has 0 bridgehead atoms. The highest BCUT2D eigenvalue weighted by Crippen LogP contribution is 2.22. The van der Waals surface area contributed by atoms with Gasteiger partial charge in [-0.15, -0.1) is 0 Å². The third-order valence-corrected chi connectivity index (χ3v) is 2.86. The summed E-state index contributed by atoms with van der Waals surface area (Å²) < 4.78 is 0. The molecule has 1 unspecified atom stereocenters. The van der Waals surface area contributed by atoms with Gasteiger partial charge in [0.2, 0.25) is 0 Å². The first kappa shape index (κ1) is 13.4. The summed E-state index contributed by atoms with van der Waals surface area (Å²) in [4.78, 5) is 13.3. The van der Waals surface area contributed by atoms with Crippen LogP contribution in [0.5, 0.6) is 0 Å². The van der Waals surface area contributed by atoms with E-state index in [9.17, 15) is 4.79 Å². The lowest BCUT2D eigenvalue weighted by Crippen LogP contribution is -2.41. The Morgan fingerprint density at radius 1 is 1.36 bits per heavy atom. The fraction of sp³-hybridized carbons (Fsp3) is 0.909. The molecule has 0 spiro atoms. The van der Waals surface area contributed by atoms with Gasteiger partial charge in [-0.3, -0.25) is 4.79 Å². The van der Waals surface area contributed by atoms with E-state index in [-0.39, 0.29) is 0 Å². The minimum Gasteiger partial charge on any atom is -0.481 e. The van der Waals surface area contributed by atoms with Crippen LogP contribution in [0.4, 0.5) is 0 Å². The predicted octanol–water partition coefficient (Wildman–Crippen LogP) is 2.22. The van der Waals surface area contributed by atoms with Crippen molar-refractivity contribution >= 4 is 5.97 Å². The second-order valence-electron chi connectivity index (χ2n) is 4.09. The molecule has 3 nitrogen and oxygen atoms in total. The second-order valence-corrected chi connectivity index (χ2v) is 4.09. The number of aliphatic carboxylic acids is 1. The lowest BCUT2D eigenvalue weighted by atomic mass is 9.87. The summed E-state index contributed by atoms with van der Waals surface area (Å²) in [5, 5.41) is 9.12. The molecule has 0 aliphatic carbocycles. The maximum Gasteiger partial charge on any atom is 0.310 e. The Balaban J connectivity index is 4.34. The molecule has 0 aromatic carbocycles. The molecule has 0 amide bonds. The highest BCUT2D eigenvalue weighted by atomic mass is 16.4. The topological polar surface area (TPSA) is 40.5 Å². The van der Waals surface area contributed by atoms with Crippen LogP contribution in [-0.4, -0.2) is 35.6 Å². The maximum atomic E-state index is 11.1. The van der Waals surface area contributed by atoms with E-state index in [1.165, 1.54) is 0 Å². The van der Waals surface area contributed by atoms with Crippen LogP contribution in [0.3, 0.4) is 0 Å². The standard InChI is InChI=1S/C11H23NO2/c1-5-8-12(7-3)9-11(4,6-2)10(13)14/h5-9H2,1-4H3,(H,13,14). The molecule has 84 valence electrons. The van der Waals surface area contributed by atoms with Crippen LogP contribution in [0.15, 0.2) is 0 Å². The molecular weight excluding hydrogens is 178 g/mol. The van der Waals surface area contributed by atoms with E-state index < -0.39 is 11.4 Å². The zero-order valence-corrected chi connectivity index (χ0v) is 9.84. The van der Waals surface area contributed by atoms with Crippen molar-refractivity contribution in [1.29, 1.82) is 0 Å². The van der Waals surface area contributed by atoms with Gasteiger partial charge in [0.1, 0.15) is 0 Å². The molecule has 0 saturated carbocycles. The first-order chi connectivity index (χ1) is 6.50. The Morgan fingerprint density at radius 3 is 2.21 bits per heavy atom. The molecule has 14 heavy (non-hydrogen) atoms. The molecule has 0 rings (SSSR count). The van der Waals surface area contributed by atoms with Crippen molar-refractivity contribution in [1.82, 2.24) is 4.90 Å². The Bertz CT molecular complexity index is 182. The summed E-state index contributed by atoms with van der Waals surface area (Å²) in [6.07, 6.45) is 1.76. The predicted molar refractivity (Wildman–Crippen MR) is 58.4 cm³/mol. The maximum absolute atomic E-state index is 11.1. The summed E-state index contributed by atoms with van der Waals surface area (Å²) in [6, 6.07) is 0. The fourth-order valence-electron chi connectivity index (χ4n) is 1.49. The van der Waals surface area contributed by atoms with Crippen LogP contribution in [0.25, 0.3) is 0 Å². The van der Waals surface area contributed by atoms with E-state index in [1.54, 1.807) is 0 Å². The van der Waals surface area contributed by atoms with Crippen molar-refractivity contribution in [2.45, 2.75) is 40.5 Å². The fourth-order valence-corrected chi connectivity index (χ4v) is 1.49. The van der Waals surface area contributed by atoms with Crippen molar-refractivity contribution in [2.24, 2.45) is 5.41 Å². The zero-order chi connectivity index (χ0) is 11.2. The number of hydrogen-bond acceptors (Lipinski definition) is 2. The summed E-state index contributed by atoms with van der Waals surface area (Å²) in [5.74, 6) is -0.686. The first-order valence-electron chi connectivity index (χ1n) is 5.45. The number of carboxylic acids is 1. The minimum atomic E-state index is -0.686. The average Bonchev–Trinajstić information content (AvgIpc) is 2.16. The van der Waals surface area contributed by atoms with E-state index in [1.807, 2.05) is 13.8 Å². The monoisotopic (exact) mass is 201 g/mol. The Morgan fingerprint density at radius 2 is 1.93 bits per heavy atom. The Hall–Kier alpha value is -0.570. The highest BCUT2D eigenvalue weighted by molar-refractivity contribution is 5.74. The summed E-state index contributed by atoms with van der Waals surface area (Å²) >= 11 is 0. The molecule has 1 N–H and O–H groups in total. The lowest BCUT2D eigenvalue weighted by molar-refractivity contribution is -0.149. The van der Waals surface area contributed by atoms with Gasteiger partial charge < -0.3 is 10.0 Å². The minimum absolute atomic E-state index is 0.592. The molecule has 0 aromatic rings. The van der Waals surface area contributed by atoms with Gasteiger partial charge >= 0.3 is 5.97 Å². The van der Waals surface area contributed by atoms with Crippen LogP contribution in [-0.2, 0) is 4.79 Å². The number of carbonyl (C=O) groups is 1. The van der Waals surface area contributed by atoms with Crippen molar-refractivity contribution in [3.63, 3.8) is 0 Å². The molecule has 0 aliphatic heterocycles. The third kappa shape index (κ3) is 3.66. The van der Waals surface area contributed by atoms with Crippen molar-refractivity contribution in [3.05, 3.63) is 0 Å². The van der Waals surface area contributed by atoms with Gasteiger partial charge in [-0.05, 0) is 32.9 Å². The van der Waals surface area contributed by atoms with Crippen LogP contribution in [0.1, 0.15) is 40.5 Å². The molecule has 0 radical (unpaired) electrons. The van der Waals surface area contributed by atoms with Gasteiger partial charge in [-0.1, -0.05) is 20.8 Å². The number of carboxylic acid groups (broad SMARTS) is 1. The van der Waals surface area contributed by atoms with E-state index in [2.05, 4.69) is 18.7 Å². The highest BCUT2D eigenvalue weighted by Gasteiger charge is 2.32. The van der Waals surface area contributed by atoms with Gasteiger partial charge in [0, 0.05) is 6.54 Å². The number of nitrogens with zero attached hydrogens (tertiary/aromatic N) is 1. The SMILES string of the molecule is CCCN(CC)CC(C)(CC)C(=O)O. The normalized spacial score (nSPS) is 15.5.